The van der Waals surface area contributed by atoms with Gasteiger partial charge in [0.1, 0.15) is 17.1 Å². The van der Waals surface area contributed by atoms with Gasteiger partial charge in [-0.05, 0) is 55.3 Å². The molecular weight excluding hydrogens is 442 g/mol. The van der Waals surface area contributed by atoms with Crippen molar-refractivity contribution in [1.82, 2.24) is 14.3 Å². The summed E-state index contributed by atoms with van der Waals surface area (Å²) in [5.74, 6) is -1.27. The number of halogens is 1. The topological polar surface area (TPSA) is 88.0 Å². The molecule has 5 rings (SSSR count). The second-order valence-corrected chi connectivity index (χ2v) is 8.42. The van der Waals surface area contributed by atoms with E-state index >= 15 is 0 Å². The first-order chi connectivity index (χ1) is 15.9. The number of carbonyl (C=O) groups is 2. The van der Waals surface area contributed by atoms with Crippen LogP contribution in [-0.2, 0) is 16.1 Å². The molecule has 0 radical (unpaired) electrons. The molecule has 1 aromatic carbocycles. The molecule has 1 fully saturated rings. The van der Waals surface area contributed by atoms with Crippen LogP contribution in [0.3, 0.4) is 0 Å². The van der Waals surface area contributed by atoms with E-state index in [1.165, 1.54) is 11.2 Å². The minimum Gasteiger partial charge on any atom is -0.505 e. The molecule has 1 aliphatic heterocycles. The van der Waals surface area contributed by atoms with E-state index < -0.39 is 17.7 Å². The molecule has 1 saturated heterocycles. The fourth-order valence-corrected chi connectivity index (χ4v) is 4.41. The number of hydrogen-bond acceptors (Lipinski definition) is 5. The Labute approximate surface area is 194 Å². The number of hydrogen-bond donors (Lipinski definition) is 1. The van der Waals surface area contributed by atoms with Gasteiger partial charge in [-0.3, -0.25) is 9.59 Å². The van der Waals surface area contributed by atoms with E-state index in [0.29, 0.717) is 27.7 Å². The number of carbonyl (C=O) groups excluding carboxylic acids is 2. The van der Waals surface area contributed by atoms with Crippen molar-refractivity contribution in [3.63, 3.8) is 0 Å². The number of fused-ring (bicyclic) bond motifs is 1. The SMILES string of the molecule is Cc1cccn2c(C)c(C(O)=C3C(=O)C(=O)N(Cc4ccco4)C3c3ccc(Cl)cc3)nc12. The summed E-state index contributed by atoms with van der Waals surface area (Å²) in [7, 11) is 0. The van der Waals surface area contributed by atoms with Gasteiger partial charge in [0, 0.05) is 11.2 Å². The Bertz CT molecular complexity index is 1420. The van der Waals surface area contributed by atoms with E-state index in [0.717, 1.165) is 5.56 Å². The van der Waals surface area contributed by atoms with E-state index in [9.17, 15) is 14.7 Å². The van der Waals surface area contributed by atoms with Crippen molar-refractivity contribution in [2.24, 2.45) is 0 Å². The highest BCUT2D eigenvalue weighted by molar-refractivity contribution is 6.46. The van der Waals surface area contributed by atoms with Gasteiger partial charge in [0.25, 0.3) is 11.7 Å². The maximum Gasteiger partial charge on any atom is 0.296 e. The minimum atomic E-state index is -0.822. The zero-order valence-corrected chi connectivity index (χ0v) is 18.7. The van der Waals surface area contributed by atoms with Crippen molar-refractivity contribution < 1.29 is 19.1 Å². The Hall–Kier alpha value is -3.84. The Balaban J connectivity index is 1.71. The third kappa shape index (κ3) is 3.41. The van der Waals surface area contributed by atoms with Crippen molar-refractivity contribution in [2.45, 2.75) is 26.4 Å². The van der Waals surface area contributed by atoms with Crippen molar-refractivity contribution in [2.75, 3.05) is 0 Å². The number of amides is 1. The van der Waals surface area contributed by atoms with Gasteiger partial charge in [-0.2, -0.15) is 0 Å². The van der Waals surface area contributed by atoms with Crippen LogP contribution in [0, 0.1) is 13.8 Å². The van der Waals surface area contributed by atoms with Crippen molar-refractivity contribution in [1.29, 1.82) is 0 Å². The molecule has 0 saturated carbocycles. The summed E-state index contributed by atoms with van der Waals surface area (Å²) in [6.07, 6.45) is 3.35. The van der Waals surface area contributed by atoms with Gasteiger partial charge in [-0.1, -0.05) is 29.8 Å². The molecule has 3 aromatic heterocycles. The molecule has 7 nitrogen and oxygen atoms in total. The quantitative estimate of drug-likeness (QED) is 0.267. The van der Waals surface area contributed by atoms with Gasteiger partial charge in [0.05, 0.1) is 30.1 Å². The van der Waals surface area contributed by atoms with Gasteiger partial charge in [0.2, 0.25) is 0 Å². The fraction of sp³-hybridized carbons (Fsp3) is 0.160. The third-order valence-corrected chi connectivity index (χ3v) is 6.19. The molecule has 0 aliphatic carbocycles. The zero-order chi connectivity index (χ0) is 23.3. The summed E-state index contributed by atoms with van der Waals surface area (Å²) < 4.78 is 7.26. The van der Waals surface area contributed by atoms with E-state index in [4.69, 9.17) is 16.0 Å². The number of rotatable bonds is 4. The van der Waals surface area contributed by atoms with Gasteiger partial charge in [-0.15, -0.1) is 0 Å². The van der Waals surface area contributed by atoms with Gasteiger partial charge in [0.15, 0.2) is 5.76 Å². The maximum absolute atomic E-state index is 13.2. The lowest BCUT2D eigenvalue weighted by Gasteiger charge is -2.24. The van der Waals surface area contributed by atoms with Crippen LogP contribution in [0.5, 0.6) is 0 Å². The number of aromatic nitrogens is 2. The predicted molar refractivity (Wildman–Crippen MR) is 123 cm³/mol. The zero-order valence-electron chi connectivity index (χ0n) is 17.9. The summed E-state index contributed by atoms with van der Waals surface area (Å²) in [6, 6.07) is 13.3. The number of aliphatic hydroxyl groups is 1. The average molecular weight is 462 g/mol. The van der Waals surface area contributed by atoms with Crippen LogP contribution in [-0.4, -0.2) is 31.1 Å². The van der Waals surface area contributed by atoms with Crippen LogP contribution < -0.4 is 0 Å². The van der Waals surface area contributed by atoms with E-state index in [1.54, 1.807) is 36.4 Å². The number of aryl methyl sites for hydroxylation is 2. The number of furan rings is 1. The van der Waals surface area contributed by atoms with Crippen molar-refractivity contribution >= 4 is 34.7 Å². The maximum atomic E-state index is 13.2. The molecule has 1 N–H and O–H groups in total. The number of pyridine rings is 1. The van der Waals surface area contributed by atoms with Gasteiger partial charge < -0.3 is 18.8 Å². The molecule has 8 heteroatoms. The Morgan fingerprint density at radius 2 is 1.88 bits per heavy atom. The Kier molecular flexibility index (Phi) is 5.06. The monoisotopic (exact) mass is 461 g/mol. The number of ketones is 1. The standard InChI is InChI=1S/C25H20ClN3O4/c1-14-5-3-11-28-15(2)20(27-24(14)28)22(30)19-21(16-7-9-17(26)10-8-16)29(25(32)23(19)31)13-18-6-4-12-33-18/h3-12,21,30H,13H2,1-2H3. The van der Waals surface area contributed by atoms with E-state index in [1.807, 2.05) is 36.6 Å². The Morgan fingerprint density at radius 1 is 1.12 bits per heavy atom. The highest BCUT2D eigenvalue weighted by Crippen LogP contribution is 2.41. The summed E-state index contributed by atoms with van der Waals surface area (Å²) >= 11 is 6.07. The predicted octanol–water partition coefficient (Wildman–Crippen LogP) is 4.82. The number of Topliss-reactive ketones (excluding diaryl/α,β-unsaturated/α-hetero) is 1. The molecule has 1 amide bonds. The molecule has 0 spiro atoms. The number of aliphatic hydroxyl groups excluding tert-OH is 1. The summed E-state index contributed by atoms with van der Waals surface area (Å²) in [6.45, 7) is 3.80. The average Bonchev–Trinajstić information content (AvgIpc) is 3.49. The molecule has 166 valence electrons. The lowest BCUT2D eigenvalue weighted by molar-refractivity contribution is -0.140. The van der Waals surface area contributed by atoms with Crippen LogP contribution in [0.25, 0.3) is 11.4 Å². The van der Waals surface area contributed by atoms with Crippen molar-refractivity contribution in [3.8, 4) is 0 Å². The van der Waals surface area contributed by atoms with Crippen LogP contribution in [0.15, 0.2) is 71.0 Å². The first-order valence-electron chi connectivity index (χ1n) is 10.4. The van der Waals surface area contributed by atoms with Crippen LogP contribution in [0.2, 0.25) is 5.02 Å². The first kappa shape index (κ1) is 21.0. The highest BCUT2D eigenvalue weighted by Gasteiger charge is 2.46. The fourth-order valence-electron chi connectivity index (χ4n) is 4.28. The van der Waals surface area contributed by atoms with Crippen LogP contribution >= 0.6 is 11.6 Å². The molecule has 4 aromatic rings. The molecule has 4 heterocycles. The second-order valence-electron chi connectivity index (χ2n) is 7.99. The molecular formula is C25H20ClN3O4. The number of imidazole rings is 1. The van der Waals surface area contributed by atoms with Crippen molar-refractivity contribution in [3.05, 3.63) is 99.9 Å². The lowest BCUT2D eigenvalue weighted by atomic mass is 9.96. The summed E-state index contributed by atoms with van der Waals surface area (Å²) in [5.41, 5.74) is 3.15. The van der Waals surface area contributed by atoms with Gasteiger partial charge in [-0.25, -0.2) is 4.98 Å². The molecule has 1 unspecified atom stereocenters. The first-order valence-corrected chi connectivity index (χ1v) is 10.8. The van der Waals surface area contributed by atoms with Crippen LogP contribution in [0.4, 0.5) is 0 Å². The molecule has 1 atom stereocenters. The largest absolute Gasteiger partial charge is 0.505 e. The smallest absolute Gasteiger partial charge is 0.296 e. The number of likely N-dealkylation sites (tertiary alicyclic amines) is 1. The number of benzene rings is 1. The lowest BCUT2D eigenvalue weighted by Crippen LogP contribution is -2.29. The molecule has 33 heavy (non-hydrogen) atoms. The second kappa shape index (κ2) is 7.94. The third-order valence-electron chi connectivity index (χ3n) is 5.94. The highest BCUT2D eigenvalue weighted by atomic mass is 35.5. The normalized spacial score (nSPS) is 17.9. The van der Waals surface area contributed by atoms with E-state index in [-0.39, 0.29) is 23.6 Å². The number of nitrogens with zero attached hydrogens (tertiary/aromatic N) is 3. The van der Waals surface area contributed by atoms with Crippen LogP contribution in [0.1, 0.15) is 34.3 Å². The Morgan fingerprint density at radius 3 is 2.55 bits per heavy atom. The molecule has 0 bridgehead atoms. The van der Waals surface area contributed by atoms with E-state index in [2.05, 4.69) is 4.98 Å². The minimum absolute atomic E-state index is 0.0157. The molecule has 1 aliphatic rings. The van der Waals surface area contributed by atoms with Gasteiger partial charge >= 0.3 is 0 Å². The summed E-state index contributed by atoms with van der Waals surface area (Å²) in [5, 5.41) is 11.9. The summed E-state index contributed by atoms with van der Waals surface area (Å²) in [4.78, 5) is 32.3.